The van der Waals surface area contributed by atoms with Crippen molar-refractivity contribution in [3.8, 4) is 17.2 Å². The molecule has 2 heterocycles. The minimum absolute atomic E-state index is 0.178. The fraction of sp³-hybridized carbons (Fsp3) is 0.182. The van der Waals surface area contributed by atoms with Gasteiger partial charge in [-0.3, -0.25) is 0 Å². The van der Waals surface area contributed by atoms with Gasteiger partial charge < -0.3 is 19.5 Å². The quantitative estimate of drug-likeness (QED) is 0.710. The molecule has 0 saturated carbocycles. The molecule has 130 valence electrons. The third-order valence-electron chi connectivity index (χ3n) is 5.27. The molecule has 1 N–H and O–H groups in total. The summed E-state index contributed by atoms with van der Waals surface area (Å²) < 4.78 is 12.7. The lowest BCUT2D eigenvalue weighted by Gasteiger charge is -2.37. The number of ether oxygens (including phenoxy) is 2. The van der Waals surface area contributed by atoms with Crippen molar-refractivity contribution < 1.29 is 14.6 Å². The zero-order valence-electron chi connectivity index (χ0n) is 14.7. The van der Waals surface area contributed by atoms with Crippen LogP contribution in [0.5, 0.6) is 17.2 Å². The number of anilines is 1. The van der Waals surface area contributed by atoms with Gasteiger partial charge in [-0.1, -0.05) is 24.3 Å². The zero-order valence-corrected chi connectivity index (χ0v) is 14.7. The van der Waals surface area contributed by atoms with Gasteiger partial charge in [-0.05, 0) is 35.4 Å². The van der Waals surface area contributed by atoms with Crippen molar-refractivity contribution >= 4 is 5.69 Å². The maximum absolute atomic E-state index is 9.98. The molecule has 5 rings (SSSR count). The third kappa shape index (κ3) is 1.93. The van der Waals surface area contributed by atoms with Gasteiger partial charge in [0.1, 0.15) is 17.2 Å². The zero-order chi connectivity index (χ0) is 17.9. The molecule has 4 heteroatoms. The second kappa shape index (κ2) is 5.26. The number of phenols is 1. The summed E-state index contributed by atoms with van der Waals surface area (Å²) in [5.41, 5.74) is 4.56. The fourth-order valence-corrected chi connectivity index (χ4v) is 4.01. The molecule has 0 aliphatic carbocycles. The number of phenolic OH excluding ortho intramolecular Hbond substituents is 1. The van der Waals surface area contributed by atoms with Crippen molar-refractivity contribution in [2.75, 3.05) is 19.0 Å². The molecule has 3 aromatic carbocycles. The number of hydrogen-bond acceptors (Lipinski definition) is 4. The van der Waals surface area contributed by atoms with E-state index in [0.29, 0.717) is 12.4 Å². The molecule has 0 fully saturated rings. The first-order valence-corrected chi connectivity index (χ1v) is 8.65. The fourth-order valence-electron chi connectivity index (χ4n) is 4.01. The molecule has 0 bridgehead atoms. The van der Waals surface area contributed by atoms with Crippen molar-refractivity contribution in [2.24, 2.45) is 0 Å². The highest BCUT2D eigenvalue weighted by Gasteiger charge is 2.49. The summed E-state index contributed by atoms with van der Waals surface area (Å²) in [6.45, 7) is 0.547. The average molecular weight is 345 g/mol. The van der Waals surface area contributed by atoms with E-state index in [-0.39, 0.29) is 5.75 Å². The normalized spacial score (nSPS) is 19.5. The molecular formula is C22H19NO3. The Morgan fingerprint density at radius 3 is 2.42 bits per heavy atom. The first-order valence-electron chi connectivity index (χ1n) is 8.65. The largest absolute Gasteiger partial charge is 0.508 e. The van der Waals surface area contributed by atoms with E-state index in [1.54, 1.807) is 12.1 Å². The van der Waals surface area contributed by atoms with E-state index in [1.807, 2.05) is 43.3 Å². The van der Waals surface area contributed by atoms with Crippen LogP contribution in [0.3, 0.4) is 0 Å². The van der Waals surface area contributed by atoms with E-state index in [2.05, 4.69) is 24.3 Å². The highest BCUT2D eigenvalue weighted by atomic mass is 16.5. The summed E-state index contributed by atoms with van der Waals surface area (Å²) in [4.78, 5) is 2.04. The Morgan fingerprint density at radius 2 is 1.62 bits per heavy atom. The van der Waals surface area contributed by atoms with Crippen molar-refractivity contribution in [3.63, 3.8) is 0 Å². The SMILES string of the molecule is CN(C)c1ccc2c(c1)Oc1cc(O)ccc1C21OCc2ccccc21. The lowest BCUT2D eigenvalue weighted by molar-refractivity contribution is 0.0199. The second-order valence-electron chi connectivity index (χ2n) is 6.98. The van der Waals surface area contributed by atoms with E-state index in [4.69, 9.17) is 9.47 Å². The van der Waals surface area contributed by atoms with Crippen LogP contribution < -0.4 is 9.64 Å². The van der Waals surface area contributed by atoms with Crippen LogP contribution in [0.2, 0.25) is 0 Å². The molecule has 1 spiro atoms. The van der Waals surface area contributed by atoms with Crippen molar-refractivity contribution in [2.45, 2.75) is 12.2 Å². The second-order valence-corrected chi connectivity index (χ2v) is 6.98. The van der Waals surface area contributed by atoms with Crippen LogP contribution in [-0.2, 0) is 16.9 Å². The van der Waals surface area contributed by atoms with Gasteiger partial charge in [-0.2, -0.15) is 0 Å². The van der Waals surface area contributed by atoms with Gasteiger partial charge in [0.15, 0.2) is 5.60 Å². The van der Waals surface area contributed by atoms with Crippen LogP contribution in [-0.4, -0.2) is 19.2 Å². The average Bonchev–Trinajstić information content (AvgIpc) is 3.01. The molecule has 2 aliphatic heterocycles. The summed E-state index contributed by atoms with van der Waals surface area (Å²) in [5.74, 6) is 1.56. The standard InChI is InChI=1S/C22H19NO3/c1-23(2)15-7-9-18-20(11-15)26-21-12-16(24)8-10-19(21)22(18)17-6-4-3-5-14(17)13-25-22/h3-12,24H,13H2,1-2H3. The molecule has 0 aromatic heterocycles. The summed E-state index contributed by atoms with van der Waals surface area (Å²) in [5, 5.41) is 9.98. The van der Waals surface area contributed by atoms with Crippen LogP contribution in [0, 0.1) is 0 Å². The first-order chi connectivity index (χ1) is 12.6. The number of fused-ring (bicyclic) bond motifs is 6. The van der Waals surface area contributed by atoms with Crippen molar-refractivity contribution in [1.82, 2.24) is 0 Å². The number of nitrogens with zero attached hydrogens (tertiary/aromatic N) is 1. The lowest BCUT2D eigenvalue weighted by atomic mass is 9.77. The van der Waals surface area contributed by atoms with Gasteiger partial charge in [0.25, 0.3) is 0 Å². The van der Waals surface area contributed by atoms with Crippen molar-refractivity contribution in [1.29, 1.82) is 0 Å². The highest BCUT2D eigenvalue weighted by Crippen LogP contribution is 2.56. The summed E-state index contributed by atoms with van der Waals surface area (Å²) >= 11 is 0. The molecule has 3 aromatic rings. The van der Waals surface area contributed by atoms with Crippen LogP contribution in [0.15, 0.2) is 60.7 Å². The van der Waals surface area contributed by atoms with E-state index < -0.39 is 5.60 Å². The number of benzene rings is 3. The van der Waals surface area contributed by atoms with Gasteiger partial charge >= 0.3 is 0 Å². The molecule has 1 atom stereocenters. The van der Waals surface area contributed by atoms with E-state index >= 15 is 0 Å². The molecule has 26 heavy (non-hydrogen) atoms. The van der Waals surface area contributed by atoms with Gasteiger partial charge in [-0.15, -0.1) is 0 Å². The van der Waals surface area contributed by atoms with Crippen LogP contribution in [0.4, 0.5) is 5.69 Å². The molecule has 1 unspecified atom stereocenters. The van der Waals surface area contributed by atoms with Gasteiger partial charge in [0.2, 0.25) is 0 Å². The Bertz CT molecular complexity index is 1030. The maximum Gasteiger partial charge on any atom is 0.151 e. The number of aromatic hydroxyl groups is 1. The van der Waals surface area contributed by atoms with Crippen LogP contribution in [0.25, 0.3) is 0 Å². The maximum atomic E-state index is 9.98. The Balaban J connectivity index is 1.83. The monoisotopic (exact) mass is 345 g/mol. The molecular weight excluding hydrogens is 326 g/mol. The van der Waals surface area contributed by atoms with Gasteiger partial charge in [-0.25, -0.2) is 0 Å². The van der Waals surface area contributed by atoms with Gasteiger partial charge in [0, 0.05) is 43.0 Å². The predicted molar refractivity (Wildman–Crippen MR) is 100 cm³/mol. The minimum atomic E-state index is -0.710. The smallest absolute Gasteiger partial charge is 0.151 e. The number of hydrogen-bond donors (Lipinski definition) is 1. The van der Waals surface area contributed by atoms with E-state index in [9.17, 15) is 5.11 Å². The molecule has 0 amide bonds. The number of rotatable bonds is 1. The predicted octanol–water partition coefficient (Wildman–Crippen LogP) is 4.39. The summed E-state index contributed by atoms with van der Waals surface area (Å²) in [6.07, 6.45) is 0. The molecule has 0 radical (unpaired) electrons. The first kappa shape index (κ1) is 15.3. The molecule has 0 saturated heterocycles. The van der Waals surface area contributed by atoms with Crippen molar-refractivity contribution in [3.05, 3.63) is 82.9 Å². The molecule has 2 aliphatic rings. The van der Waals surface area contributed by atoms with E-state index in [1.165, 1.54) is 5.56 Å². The Morgan fingerprint density at radius 1 is 0.885 bits per heavy atom. The topological polar surface area (TPSA) is 41.9 Å². The summed E-state index contributed by atoms with van der Waals surface area (Å²) in [6, 6.07) is 19.7. The van der Waals surface area contributed by atoms with Crippen LogP contribution in [0.1, 0.15) is 22.3 Å². The highest BCUT2D eigenvalue weighted by molar-refractivity contribution is 5.67. The Hall–Kier alpha value is -2.98. The lowest BCUT2D eigenvalue weighted by Crippen LogP contribution is -2.32. The summed E-state index contributed by atoms with van der Waals surface area (Å²) in [7, 11) is 4.00. The Labute approximate surface area is 152 Å². The Kier molecular flexibility index (Phi) is 3.09. The van der Waals surface area contributed by atoms with Crippen LogP contribution >= 0.6 is 0 Å². The molecule has 4 nitrogen and oxygen atoms in total. The third-order valence-corrected chi connectivity index (χ3v) is 5.27. The minimum Gasteiger partial charge on any atom is -0.508 e. The van der Waals surface area contributed by atoms with E-state index in [0.717, 1.165) is 28.1 Å². The van der Waals surface area contributed by atoms with Gasteiger partial charge in [0.05, 0.1) is 6.61 Å².